The number of hydrogen-bond donors (Lipinski definition) is 6. The summed E-state index contributed by atoms with van der Waals surface area (Å²) in [4.78, 5) is 67.6. The molecule has 26 heteroatoms. The van der Waals surface area contributed by atoms with Crippen molar-refractivity contribution in [2.45, 2.75) is 74.1 Å². The number of nitrogens with two attached hydrogens (primary N) is 3. The first kappa shape index (κ1) is 86.9. The lowest BCUT2D eigenvalue weighted by Gasteiger charge is -2.10. The van der Waals surface area contributed by atoms with E-state index in [0.717, 1.165) is 145 Å². The van der Waals surface area contributed by atoms with E-state index >= 15 is 0 Å². The number of rotatable bonds is 10. The summed E-state index contributed by atoms with van der Waals surface area (Å²) >= 11 is 17.4. The first-order chi connectivity index (χ1) is 54.9. The predicted molar refractivity (Wildman–Crippen MR) is 468 cm³/mol. The van der Waals surface area contributed by atoms with Gasteiger partial charge in [-0.1, -0.05) is 89.4 Å². The Bertz CT molecular complexity index is 6050. The fourth-order valence-corrected chi connectivity index (χ4v) is 13.2. The van der Waals surface area contributed by atoms with Crippen molar-refractivity contribution in [3.63, 3.8) is 0 Å². The Hall–Kier alpha value is -12.6. The molecule has 0 amide bonds. The lowest BCUT2D eigenvalue weighted by atomic mass is 10.1. The maximum absolute atomic E-state index is 11.0. The van der Waals surface area contributed by atoms with Gasteiger partial charge in [0, 0.05) is 126 Å². The second-order valence-corrected chi connectivity index (χ2v) is 27.0. The Kier molecular flexibility index (Phi) is 32.1. The minimum Gasteiger partial charge on any atom is -0.469 e. The van der Waals surface area contributed by atoms with E-state index in [-0.39, 0.29) is 33.9 Å². The van der Waals surface area contributed by atoms with Crippen molar-refractivity contribution in [1.29, 1.82) is 0 Å². The number of nitro benzene ring substituents is 2. The third-order valence-electron chi connectivity index (χ3n) is 17.9. The van der Waals surface area contributed by atoms with Crippen LogP contribution in [0.5, 0.6) is 0 Å². The number of aryl methyl sites for hydroxylation is 10. The number of aliphatic hydroxyl groups is 1. The summed E-state index contributed by atoms with van der Waals surface area (Å²) in [5.41, 5.74) is 35.9. The zero-order chi connectivity index (χ0) is 82.7. The van der Waals surface area contributed by atoms with Crippen LogP contribution in [0, 0.1) is 61.8 Å². The highest BCUT2D eigenvalue weighted by Gasteiger charge is 2.21. The van der Waals surface area contributed by atoms with Gasteiger partial charge in [0.1, 0.15) is 16.5 Å². The first-order valence-electron chi connectivity index (χ1n) is 36.3. The van der Waals surface area contributed by atoms with E-state index < -0.39 is 4.92 Å². The number of benzene rings is 8. The molecule has 8 aromatic carbocycles. The molecule has 23 nitrogen and oxygen atoms in total. The average molecular weight is 1590 g/mol. The maximum atomic E-state index is 11.0. The molecule has 9 N–H and O–H groups in total. The number of nitrogens with one attached hydrogen (secondary N) is 2. The van der Waals surface area contributed by atoms with Crippen LogP contribution in [-0.4, -0.2) is 100 Å². The van der Waals surface area contributed by atoms with Gasteiger partial charge in [-0.05, 0) is 229 Å². The number of aromatic nitrogens is 9. The number of nitro groups is 2. The van der Waals surface area contributed by atoms with Gasteiger partial charge in [-0.15, -0.1) is 0 Å². The number of nitrogens with zero attached hydrogens (tertiary/aromatic N) is 11. The van der Waals surface area contributed by atoms with Crippen molar-refractivity contribution in [2.75, 3.05) is 57.0 Å². The van der Waals surface area contributed by atoms with Crippen LogP contribution in [0.2, 0.25) is 15.1 Å². The summed E-state index contributed by atoms with van der Waals surface area (Å²) in [6.07, 6.45) is 11.4. The highest BCUT2D eigenvalue weighted by atomic mass is 35.5. The van der Waals surface area contributed by atoms with Crippen LogP contribution in [0.1, 0.15) is 63.9 Å². The monoisotopic (exact) mass is 1590 g/mol. The van der Waals surface area contributed by atoms with Gasteiger partial charge in [0.2, 0.25) is 0 Å². The Morgan fingerprint density at radius 1 is 0.482 bits per heavy atom. The maximum Gasteiger partial charge on any atom is 0.305 e. The molecule has 0 saturated heterocycles. The molecule has 0 aliphatic carbocycles. The van der Waals surface area contributed by atoms with Crippen molar-refractivity contribution < 1.29 is 24.5 Å². The van der Waals surface area contributed by atoms with E-state index in [0.29, 0.717) is 40.3 Å². The Balaban J connectivity index is 0.000000169. The lowest BCUT2D eigenvalue weighted by Crippen LogP contribution is -2.02. The van der Waals surface area contributed by atoms with Crippen LogP contribution in [0.4, 0.5) is 34.1 Å². The summed E-state index contributed by atoms with van der Waals surface area (Å²) < 4.78 is 6.80. The molecule has 114 heavy (non-hydrogen) atoms. The molecular weight excluding hydrogens is 1500 g/mol. The number of para-hydroxylation sites is 2. The first-order valence-corrected chi connectivity index (χ1v) is 37.4. The summed E-state index contributed by atoms with van der Waals surface area (Å²) in [7, 11) is 8.54. The number of hydrogen-bond acceptors (Lipinski definition) is 20. The quantitative estimate of drug-likeness (QED) is 0.0320. The number of aliphatic hydroxyl groups excluding tert-OH is 1. The molecule has 0 spiro atoms. The fraction of sp³-hybridized carbons (Fsp3) is 0.193. The van der Waals surface area contributed by atoms with Gasteiger partial charge in [-0.2, -0.15) is 0 Å². The van der Waals surface area contributed by atoms with Crippen LogP contribution < -0.4 is 27.8 Å². The number of fused-ring (bicyclic) bond motifs is 9. The van der Waals surface area contributed by atoms with Gasteiger partial charge in [-0.3, -0.25) is 59.9 Å². The third kappa shape index (κ3) is 22.4. The zero-order valence-electron chi connectivity index (χ0n) is 65.5. The number of pyridine rings is 7. The molecule has 0 radical (unpaired) electrons. The predicted octanol–water partition coefficient (Wildman–Crippen LogP) is 19.9. The second kappa shape index (κ2) is 42.1. The Labute approximate surface area is 675 Å². The highest BCUT2D eigenvalue weighted by Crippen LogP contribution is 2.37. The molecule has 0 aliphatic heterocycles. The number of esters is 1. The lowest BCUT2D eigenvalue weighted by molar-refractivity contribution is -0.382. The van der Waals surface area contributed by atoms with Crippen molar-refractivity contribution in [2.24, 2.45) is 12.8 Å². The number of carbonyl (C=O) groups excluding carboxylic acids is 1. The number of halogens is 3. The molecule has 8 heterocycles. The minimum atomic E-state index is -0.480. The Morgan fingerprint density at radius 2 is 0.921 bits per heavy atom. The van der Waals surface area contributed by atoms with E-state index in [1.165, 1.54) is 25.1 Å². The summed E-state index contributed by atoms with van der Waals surface area (Å²) in [5.74, 6) is 0.880. The molecule has 586 valence electrons. The van der Waals surface area contributed by atoms with Crippen LogP contribution in [0.15, 0.2) is 219 Å². The molecule has 16 rings (SSSR count). The van der Waals surface area contributed by atoms with Gasteiger partial charge in [0.15, 0.2) is 0 Å². The van der Waals surface area contributed by atoms with E-state index in [9.17, 15) is 25.0 Å². The summed E-state index contributed by atoms with van der Waals surface area (Å²) in [5, 5.41) is 43.6. The smallest absolute Gasteiger partial charge is 0.305 e. The number of carbonyl (C=O) groups is 1. The van der Waals surface area contributed by atoms with Gasteiger partial charge in [0.25, 0.3) is 5.69 Å². The number of methoxy groups -OCH3 is 1. The molecule has 0 saturated carbocycles. The van der Waals surface area contributed by atoms with Crippen LogP contribution in [0.3, 0.4) is 0 Å². The molecule has 0 unspecified atom stereocenters. The van der Waals surface area contributed by atoms with Crippen molar-refractivity contribution in [3.8, 4) is 0 Å². The summed E-state index contributed by atoms with van der Waals surface area (Å²) in [6, 6.07) is 59.9. The van der Waals surface area contributed by atoms with Crippen molar-refractivity contribution >= 4 is 162 Å². The molecular formula is C88H91Cl3N16O7. The van der Waals surface area contributed by atoms with E-state index in [4.69, 9.17) is 61.3 Å². The normalized spacial score (nSPS) is 10.4. The summed E-state index contributed by atoms with van der Waals surface area (Å²) in [6.45, 7) is 13.7. The minimum absolute atomic E-state index is 0.0784. The van der Waals surface area contributed by atoms with Gasteiger partial charge in [-0.25, -0.2) is 4.98 Å². The van der Waals surface area contributed by atoms with Crippen LogP contribution >= 0.6 is 34.8 Å². The largest absolute Gasteiger partial charge is 0.469 e. The third-order valence-corrected chi connectivity index (χ3v) is 18.7. The van der Waals surface area contributed by atoms with E-state index in [1.54, 1.807) is 87.3 Å². The molecule has 16 aromatic rings. The van der Waals surface area contributed by atoms with Crippen molar-refractivity contribution in [3.05, 3.63) is 305 Å². The molecule has 0 fully saturated rings. The van der Waals surface area contributed by atoms with Crippen molar-refractivity contribution in [1.82, 2.24) is 44.4 Å². The van der Waals surface area contributed by atoms with Gasteiger partial charge >= 0.3 is 11.7 Å². The number of imidazole rings is 1. The van der Waals surface area contributed by atoms with Crippen LogP contribution in [0.25, 0.3) is 87.4 Å². The zero-order valence-corrected chi connectivity index (χ0v) is 67.8. The number of nitrogen functional groups attached to an aromatic ring is 2. The Morgan fingerprint density at radius 3 is 1.45 bits per heavy atom. The molecule has 8 aromatic heterocycles. The topological polar surface area (TPSA) is 343 Å². The average Bonchev–Trinajstić information content (AvgIpc) is 1.63. The standard InChI is InChI=1S/C23H20N4.C13H13NO2.C11H11N3O2.C11H13N3.C10H7ClN2O2.C10H8ClN.C7H8ClN.C2H6O.CH5N/c1-15-14-20-23(18-7-5-13-24-22(15)18)26-21(27(20)2)12-11-17-10-9-16-6-3-4-8-19(16)25-17;1-16-13(15)9-8-11-7-6-10-4-2-3-5-12(10)14-11;1-7-6-9(12-2)11(14(15)16)8-4-3-5-13-10(7)8;1-7-6-9(13-2)10(12)8-4-3-5-14-11(7)8;1-6-5-8(11)10(13(14)15)7-3-2-4-12-9(6)7;1-7-5-9(11)6-8-3-2-4-12-10(7)8;1-5-4-6(8)2-3-7(5)9;1-2-3;1-2/h3-10,13-14H,11-12H2,1-2H3;2-7H,8-9H2,1H3;3-6,12H,1-2H3;3-6,13H,12H2,1-2H3;2-5H,1H3;2-6H,1H3;2-4H,9H2,1H3;3H,2H2,1H3;2H2,1H3. The fourth-order valence-electron chi connectivity index (χ4n) is 12.4. The molecule has 0 atom stereocenters. The van der Waals surface area contributed by atoms with Gasteiger partial charge < -0.3 is 42.2 Å². The van der Waals surface area contributed by atoms with Gasteiger partial charge in [0.05, 0.1) is 95.2 Å². The van der Waals surface area contributed by atoms with E-state index in [1.807, 2.05) is 151 Å². The van der Waals surface area contributed by atoms with E-state index in [2.05, 4.69) is 106 Å². The second-order valence-electron chi connectivity index (χ2n) is 25.7. The SMILES string of the molecule is CCO.CN.CNc1cc(C)c2ncccc2c1N.CNc1cc(C)c2ncccc2c1[N+](=O)[O-].COC(=O)CCc1ccc2ccccc2n1.Cc1cc(Cl)c([N+](=O)[O-])c2cccnc12.Cc1cc(Cl)cc2cccnc12.Cc1cc(Cl)ccc1N.Cc1cc2c(nc(CCc3ccc4ccccc4n3)n2C)c2cccnc12. The van der Waals surface area contributed by atoms with Crippen LogP contribution in [-0.2, 0) is 35.8 Å². The number of ether oxygens (including phenoxy) is 1. The molecule has 0 bridgehead atoms. The number of anilines is 4. The molecule has 0 aliphatic rings. The highest BCUT2D eigenvalue weighted by molar-refractivity contribution is 6.34.